The highest BCUT2D eigenvalue weighted by Crippen LogP contribution is 2.40. The lowest BCUT2D eigenvalue weighted by Gasteiger charge is -2.25. The molecule has 2 aromatic rings. The lowest BCUT2D eigenvalue weighted by atomic mass is 9.95. The first kappa shape index (κ1) is 22.6. The number of likely N-dealkylation sites (tertiary alicyclic amines) is 1. The van der Waals surface area contributed by atoms with E-state index >= 15 is 0 Å². The number of methoxy groups -OCH3 is 1. The standard InChI is InChI=1S/C25H29NO5/c1-16(2)31-20-8-5-7-19(15-20)22-21(23(27)18-11-9-17(3)10-12-18)24(28)25(29)26(22)13-6-14-30-4/h5,7-12,15-16,22,27H,6,13-14H2,1-4H3/b23-21-. The van der Waals surface area contributed by atoms with E-state index < -0.39 is 17.7 Å². The molecule has 0 aromatic heterocycles. The number of ketones is 1. The fourth-order valence-corrected chi connectivity index (χ4v) is 3.73. The predicted molar refractivity (Wildman–Crippen MR) is 119 cm³/mol. The Labute approximate surface area is 183 Å². The SMILES string of the molecule is COCCCN1C(=O)C(=O)/C(=C(\O)c2ccc(C)cc2)C1c1cccc(OC(C)C)c1. The second-order valence-corrected chi connectivity index (χ2v) is 7.94. The molecule has 1 aliphatic rings. The minimum Gasteiger partial charge on any atom is -0.507 e. The highest BCUT2D eigenvalue weighted by atomic mass is 16.5. The van der Waals surface area contributed by atoms with Gasteiger partial charge in [0.05, 0.1) is 17.7 Å². The van der Waals surface area contributed by atoms with Crippen molar-refractivity contribution in [2.45, 2.75) is 39.3 Å². The van der Waals surface area contributed by atoms with Crippen molar-refractivity contribution in [3.63, 3.8) is 0 Å². The van der Waals surface area contributed by atoms with Crippen LogP contribution in [0.3, 0.4) is 0 Å². The third-order valence-corrected chi connectivity index (χ3v) is 5.16. The number of aryl methyl sites for hydroxylation is 1. The second-order valence-electron chi connectivity index (χ2n) is 7.94. The van der Waals surface area contributed by atoms with Gasteiger partial charge in [-0.15, -0.1) is 0 Å². The highest BCUT2D eigenvalue weighted by molar-refractivity contribution is 6.46. The van der Waals surface area contributed by atoms with Crippen LogP contribution in [0, 0.1) is 6.92 Å². The summed E-state index contributed by atoms with van der Waals surface area (Å²) in [6.45, 7) is 6.60. The summed E-state index contributed by atoms with van der Waals surface area (Å²) in [6.07, 6.45) is 0.558. The molecule has 0 spiro atoms. The molecule has 1 amide bonds. The van der Waals surface area contributed by atoms with Gasteiger partial charge < -0.3 is 19.5 Å². The van der Waals surface area contributed by atoms with Gasteiger partial charge in [-0.25, -0.2) is 0 Å². The summed E-state index contributed by atoms with van der Waals surface area (Å²) in [6, 6.07) is 13.8. The summed E-state index contributed by atoms with van der Waals surface area (Å²) in [4.78, 5) is 27.4. The zero-order chi connectivity index (χ0) is 22.5. The van der Waals surface area contributed by atoms with Crippen LogP contribution in [0.1, 0.15) is 43.0 Å². The monoisotopic (exact) mass is 423 g/mol. The van der Waals surface area contributed by atoms with E-state index in [0.29, 0.717) is 36.4 Å². The second kappa shape index (κ2) is 9.79. The molecule has 1 saturated heterocycles. The highest BCUT2D eigenvalue weighted by Gasteiger charge is 2.45. The molecule has 1 N–H and O–H groups in total. The third-order valence-electron chi connectivity index (χ3n) is 5.16. The Balaban J connectivity index is 2.11. The summed E-state index contributed by atoms with van der Waals surface area (Å²) >= 11 is 0. The van der Waals surface area contributed by atoms with Crippen molar-refractivity contribution in [3.8, 4) is 5.75 Å². The molecule has 6 nitrogen and oxygen atoms in total. The number of benzene rings is 2. The van der Waals surface area contributed by atoms with Crippen LogP contribution in [0.25, 0.3) is 5.76 Å². The minimum atomic E-state index is -0.700. The maximum absolute atomic E-state index is 13.0. The van der Waals surface area contributed by atoms with Crippen molar-refractivity contribution in [2.75, 3.05) is 20.3 Å². The lowest BCUT2D eigenvalue weighted by molar-refractivity contribution is -0.140. The topological polar surface area (TPSA) is 76.1 Å². The van der Waals surface area contributed by atoms with Crippen LogP contribution >= 0.6 is 0 Å². The quantitative estimate of drug-likeness (QED) is 0.297. The summed E-state index contributed by atoms with van der Waals surface area (Å²) in [5.41, 5.74) is 2.34. The van der Waals surface area contributed by atoms with Gasteiger partial charge in [-0.2, -0.15) is 0 Å². The summed E-state index contributed by atoms with van der Waals surface area (Å²) < 4.78 is 10.9. The lowest BCUT2D eigenvalue weighted by Crippen LogP contribution is -2.31. The first-order valence-corrected chi connectivity index (χ1v) is 10.4. The van der Waals surface area contributed by atoms with Crippen LogP contribution in [-0.2, 0) is 14.3 Å². The smallest absolute Gasteiger partial charge is 0.295 e. The molecule has 0 saturated carbocycles. The number of aliphatic hydroxyl groups is 1. The Morgan fingerprint density at radius 1 is 1.13 bits per heavy atom. The number of ether oxygens (including phenoxy) is 2. The number of amides is 1. The summed E-state index contributed by atoms with van der Waals surface area (Å²) in [5, 5.41) is 11.1. The van der Waals surface area contributed by atoms with E-state index in [9.17, 15) is 14.7 Å². The molecule has 1 fully saturated rings. The van der Waals surface area contributed by atoms with E-state index in [1.807, 2.05) is 57.2 Å². The molecule has 1 aliphatic heterocycles. The summed E-state index contributed by atoms with van der Waals surface area (Å²) in [7, 11) is 1.59. The van der Waals surface area contributed by atoms with Crippen LogP contribution in [0.5, 0.6) is 5.75 Å². The fourth-order valence-electron chi connectivity index (χ4n) is 3.73. The fraction of sp³-hybridized carbons (Fsp3) is 0.360. The van der Waals surface area contributed by atoms with Gasteiger partial charge in [-0.05, 0) is 44.9 Å². The molecule has 0 bridgehead atoms. The van der Waals surface area contributed by atoms with Crippen LogP contribution in [0.4, 0.5) is 0 Å². The van der Waals surface area contributed by atoms with Crippen molar-refractivity contribution in [1.29, 1.82) is 0 Å². The van der Waals surface area contributed by atoms with Gasteiger partial charge in [0.15, 0.2) is 0 Å². The first-order valence-electron chi connectivity index (χ1n) is 10.4. The molecular formula is C25H29NO5. The van der Waals surface area contributed by atoms with E-state index in [4.69, 9.17) is 9.47 Å². The van der Waals surface area contributed by atoms with Crippen LogP contribution in [-0.4, -0.2) is 48.1 Å². The van der Waals surface area contributed by atoms with Crippen molar-refractivity contribution in [1.82, 2.24) is 4.90 Å². The predicted octanol–water partition coefficient (Wildman–Crippen LogP) is 4.24. The Kier molecular flexibility index (Phi) is 7.13. The number of nitrogens with zero attached hydrogens (tertiary/aromatic N) is 1. The van der Waals surface area contributed by atoms with Gasteiger partial charge in [-0.3, -0.25) is 9.59 Å². The van der Waals surface area contributed by atoms with Crippen LogP contribution < -0.4 is 4.74 Å². The van der Waals surface area contributed by atoms with Crippen molar-refractivity contribution in [2.24, 2.45) is 0 Å². The van der Waals surface area contributed by atoms with Crippen molar-refractivity contribution >= 4 is 17.4 Å². The Bertz CT molecular complexity index is 978. The Morgan fingerprint density at radius 2 is 1.84 bits per heavy atom. The number of carbonyl (C=O) groups excluding carboxylic acids is 2. The van der Waals surface area contributed by atoms with E-state index in [1.54, 1.807) is 19.2 Å². The average molecular weight is 424 g/mol. The van der Waals surface area contributed by atoms with Gasteiger partial charge in [0, 0.05) is 25.8 Å². The zero-order valence-corrected chi connectivity index (χ0v) is 18.4. The molecular weight excluding hydrogens is 394 g/mol. The van der Waals surface area contributed by atoms with E-state index in [1.165, 1.54) is 4.90 Å². The number of hydrogen-bond donors (Lipinski definition) is 1. The van der Waals surface area contributed by atoms with Crippen LogP contribution in [0.15, 0.2) is 54.1 Å². The molecule has 2 aromatic carbocycles. The molecule has 1 atom stereocenters. The molecule has 0 aliphatic carbocycles. The number of aliphatic hydroxyl groups excluding tert-OH is 1. The van der Waals surface area contributed by atoms with Gasteiger partial charge in [-0.1, -0.05) is 42.0 Å². The van der Waals surface area contributed by atoms with Crippen LogP contribution in [0.2, 0.25) is 0 Å². The molecule has 0 radical (unpaired) electrons. The number of carbonyl (C=O) groups is 2. The van der Waals surface area contributed by atoms with E-state index in [0.717, 1.165) is 5.56 Å². The van der Waals surface area contributed by atoms with Crippen molar-refractivity contribution in [3.05, 3.63) is 70.8 Å². The van der Waals surface area contributed by atoms with Gasteiger partial charge in [0.1, 0.15) is 11.5 Å². The minimum absolute atomic E-state index is 0.0177. The molecule has 31 heavy (non-hydrogen) atoms. The normalized spacial score (nSPS) is 18.1. The van der Waals surface area contributed by atoms with Gasteiger partial charge >= 0.3 is 0 Å². The van der Waals surface area contributed by atoms with Gasteiger partial charge in [0.2, 0.25) is 0 Å². The van der Waals surface area contributed by atoms with Gasteiger partial charge in [0.25, 0.3) is 11.7 Å². The first-order chi connectivity index (χ1) is 14.8. The number of Topliss-reactive ketones (excluding diaryl/α,β-unsaturated/α-hetero) is 1. The maximum atomic E-state index is 13.0. The Morgan fingerprint density at radius 3 is 2.48 bits per heavy atom. The van der Waals surface area contributed by atoms with E-state index in [2.05, 4.69) is 0 Å². The van der Waals surface area contributed by atoms with Crippen molar-refractivity contribution < 1.29 is 24.2 Å². The summed E-state index contributed by atoms with van der Waals surface area (Å²) in [5.74, 6) is -0.835. The largest absolute Gasteiger partial charge is 0.507 e. The third kappa shape index (κ3) is 4.97. The molecule has 1 heterocycles. The molecule has 3 rings (SSSR count). The number of hydrogen-bond acceptors (Lipinski definition) is 5. The zero-order valence-electron chi connectivity index (χ0n) is 18.4. The van der Waals surface area contributed by atoms with E-state index in [-0.39, 0.29) is 17.4 Å². The number of rotatable bonds is 8. The Hall–Kier alpha value is -3.12. The molecule has 1 unspecified atom stereocenters. The molecule has 6 heteroatoms. The average Bonchev–Trinajstić information content (AvgIpc) is 2.99. The maximum Gasteiger partial charge on any atom is 0.295 e. The molecule has 164 valence electrons.